The van der Waals surface area contributed by atoms with Crippen LogP contribution in [0.25, 0.3) is 0 Å². The van der Waals surface area contributed by atoms with Crippen LogP contribution in [-0.4, -0.2) is 26.7 Å². The van der Waals surface area contributed by atoms with Gasteiger partial charge in [0.25, 0.3) is 0 Å². The number of hydrogen-bond donors (Lipinski definition) is 2. The standard InChI is InChI=1S/C10H14BrNO3S/c1-8-3-4-9(7-10(8)11)16(14,15)12-5-2-6-13/h3-4,7,12-13H,2,5-6H2,1H3. The fourth-order valence-electron chi connectivity index (χ4n) is 1.11. The number of aliphatic hydroxyl groups excluding tert-OH is 1. The monoisotopic (exact) mass is 307 g/mol. The number of rotatable bonds is 5. The summed E-state index contributed by atoms with van der Waals surface area (Å²) < 4.78 is 26.7. The molecule has 0 radical (unpaired) electrons. The smallest absolute Gasteiger partial charge is 0.240 e. The molecule has 90 valence electrons. The highest BCUT2D eigenvalue weighted by atomic mass is 79.9. The van der Waals surface area contributed by atoms with Crippen molar-refractivity contribution in [2.75, 3.05) is 13.2 Å². The first kappa shape index (κ1) is 13.6. The van der Waals surface area contributed by atoms with Gasteiger partial charge in [0, 0.05) is 17.6 Å². The van der Waals surface area contributed by atoms with E-state index in [0.717, 1.165) is 10.0 Å². The Labute approximate surface area is 104 Å². The molecule has 0 spiro atoms. The van der Waals surface area contributed by atoms with Gasteiger partial charge in [-0.2, -0.15) is 0 Å². The lowest BCUT2D eigenvalue weighted by Crippen LogP contribution is -2.25. The zero-order valence-electron chi connectivity index (χ0n) is 8.90. The normalized spacial score (nSPS) is 11.7. The molecule has 0 amide bonds. The molecule has 2 N–H and O–H groups in total. The van der Waals surface area contributed by atoms with Crippen LogP contribution in [0.3, 0.4) is 0 Å². The van der Waals surface area contributed by atoms with E-state index in [1.807, 2.05) is 6.92 Å². The van der Waals surface area contributed by atoms with Crippen molar-refractivity contribution in [3.05, 3.63) is 28.2 Å². The Bertz CT molecular complexity index is 459. The van der Waals surface area contributed by atoms with Gasteiger partial charge in [-0.05, 0) is 31.0 Å². The van der Waals surface area contributed by atoms with Gasteiger partial charge in [0.2, 0.25) is 10.0 Å². The van der Waals surface area contributed by atoms with E-state index in [1.54, 1.807) is 18.2 Å². The maximum absolute atomic E-state index is 11.8. The molecular weight excluding hydrogens is 294 g/mol. The van der Waals surface area contributed by atoms with Crippen LogP contribution in [0.1, 0.15) is 12.0 Å². The van der Waals surface area contributed by atoms with Gasteiger partial charge in [-0.25, -0.2) is 13.1 Å². The van der Waals surface area contributed by atoms with Crippen molar-refractivity contribution in [1.82, 2.24) is 4.72 Å². The number of nitrogens with one attached hydrogen (secondary N) is 1. The van der Waals surface area contributed by atoms with Crippen LogP contribution in [0.5, 0.6) is 0 Å². The molecule has 0 bridgehead atoms. The first-order chi connectivity index (χ1) is 7.47. The molecule has 1 aromatic rings. The predicted octanol–water partition coefficient (Wildman–Crippen LogP) is 1.42. The average molecular weight is 308 g/mol. The molecule has 0 aliphatic carbocycles. The van der Waals surface area contributed by atoms with E-state index in [1.165, 1.54) is 0 Å². The van der Waals surface area contributed by atoms with Crippen molar-refractivity contribution >= 4 is 26.0 Å². The molecule has 4 nitrogen and oxygen atoms in total. The second-order valence-electron chi connectivity index (χ2n) is 3.39. The van der Waals surface area contributed by atoms with E-state index >= 15 is 0 Å². The first-order valence-electron chi connectivity index (χ1n) is 4.84. The van der Waals surface area contributed by atoms with E-state index in [0.29, 0.717) is 6.42 Å². The molecule has 0 aliphatic rings. The molecular formula is C10H14BrNO3S. The highest BCUT2D eigenvalue weighted by molar-refractivity contribution is 9.10. The molecule has 0 unspecified atom stereocenters. The van der Waals surface area contributed by atoms with Crippen LogP contribution in [0.4, 0.5) is 0 Å². The van der Waals surface area contributed by atoms with Crippen molar-refractivity contribution in [2.45, 2.75) is 18.2 Å². The summed E-state index contributed by atoms with van der Waals surface area (Å²) in [6.07, 6.45) is 0.409. The van der Waals surface area contributed by atoms with Crippen molar-refractivity contribution in [3.63, 3.8) is 0 Å². The minimum absolute atomic E-state index is 0.0277. The van der Waals surface area contributed by atoms with E-state index in [-0.39, 0.29) is 18.0 Å². The summed E-state index contributed by atoms with van der Waals surface area (Å²) in [6, 6.07) is 4.86. The van der Waals surface area contributed by atoms with E-state index in [4.69, 9.17) is 5.11 Å². The average Bonchev–Trinajstić information content (AvgIpc) is 2.22. The predicted molar refractivity (Wildman–Crippen MR) is 65.8 cm³/mol. The Morgan fingerprint density at radius 2 is 2.12 bits per heavy atom. The maximum atomic E-state index is 11.8. The minimum Gasteiger partial charge on any atom is -0.396 e. The van der Waals surface area contributed by atoms with E-state index < -0.39 is 10.0 Å². The number of sulfonamides is 1. The summed E-state index contributed by atoms with van der Waals surface area (Å²) >= 11 is 3.29. The van der Waals surface area contributed by atoms with E-state index in [9.17, 15) is 8.42 Å². The number of hydrogen-bond acceptors (Lipinski definition) is 3. The Hall–Kier alpha value is -0.430. The first-order valence-corrected chi connectivity index (χ1v) is 7.11. The fraction of sp³-hybridized carbons (Fsp3) is 0.400. The van der Waals surface area contributed by atoms with Gasteiger partial charge in [0.1, 0.15) is 0 Å². The van der Waals surface area contributed by atoms with E-state index in [2.05, 4.69) is 20.7 Å². The van der Waals surface area contributed by atoms with Crippen LogP contribution >= 0.6 is 15.9 Å². The summed E-state index contributed by atoms with van der Waals surface area (Å²) in [7, 11) is -3.46. The third-order valence-corrected chi connectivity index (χ3v) is 4.39. The summed E-state index contributed by atoms with van der Waals surface area (Å²) in [6.45, 7) is 2.10. The fourth-order valence-corrected chi connectivity index (χ4v) is 2.74. The van der Waals surface area contributed by atoms with Crippen LogP contribution in [0.15, 0.2) is 27.6 Å². The maximum Gasteiger partial charge on any atom is 0.240 e. The largest absolute Gasteiger partial charge is 0.396 e. The zero-order valence-corrected chi connectivity index (χ0v) is 11.3. The van der Waals surface area contributed by atoms with Crippen LogP contribution < -0.4 is 4.72 Å². The third-order valence-electron chi connectivity index (χ3n) is 2.08. The molecule has 0 saturated heterocycles. The van der Waals surface area contributed by atoms with Gasteiger partial charge >= 0.3 is 0 Å². The minimum atomic E-state index is -3.46. The Kier molecular flexibility index (Phi) is 4.91. The SMILES string of the molecule is Cc1ccc(S(=O)(=O)NCCCO)cc1Br. The molecule has 0 aliphatic heterocycles. The van der Waals surface area contributed by atoms with Crippen molar-refractivity contribution < 1.29 is 13.5 Å². The highest BCUT2D eigenvalue weighted by Gasteiger charge is 2.13. The molecule has 0 fully saturated rings. The lowest BCUT2D eigenvalue weighted by atomic mass is 10.2. The van der Waals surface area contributed by atoms with Crippen molar-refractivity contribution in [2.24, 2.45) is 0 Å². The van der Waals surface area contributed by atoms with Gasteiger partial charge < -0.3 is 5.11 Å². The second kappa shape index (κ2) is 5.77. The number of aliphatic hydroxyl groups is 1. The van der Waals surface area contributed by atoms with Gasteiger partial charge in [-0.15, -0.1) is 0 Å². The van der Waals surface area contributed by atoms with Crippen molar-refractivity contribution in [3.8, 4) is 0 Å². The third kappa shape index (κ3) is 3.55. The molecule has 6 heteroatoms. The molecule has 0 saturated carbocycles. The Morgan fingerprint density at radius 3 is 2.69 bits per heavy atom. The van der Waals surface area contributed by atoms with Gasteiger partial charge in [-0.1, -0.05) is 22.0 Å². The lowest BCUT2D eigenvalue weighted by molar-refractivity contribution is 0.289. The van der Waals surface area contributed by atoms with Gasteiger partial charge in [0.15, 0.2) is 0 Å². The number of benzene rings is 1. The number of halogens is 1. The Balaban J connectivity index is 2.86. The molecule has 16 heavy (non-hydrogen) atoms. The summed E-state index contributed by atoms with van der Waals surface area (Å²) in [4.78, 5) is 0.225. The van der Waals surface area contributed by atoms with Crippen LogP contribution in [0, 0.1) is 6.92 Å². The molecule has 1 aromatic carbocycles. The molecule has 0 atom stereocenters. The molecule has 0 heterocycles. The van der Waals surface area contributed by atoms with Crippen LogP contribution in [0.2, 0.25) is 0 Å². The molecule has 1 rings (SSSR count). The van der Waals surface area contributed by atoms with Crippen molar-refractivity contribution in [1.29, 1.82) is 0 Å². The Morgan fingerprint density at radius 1 is 1.44 bits per heavy atom. The van der Waals surface area contributed by atoms with Gasteiger partial charge in [-0.3, -0.25) is 0 Å². The lowest BCUT2D eigenvalue weighted by Gasteiger charge is -2.07. The van der Waals surface area contributed by atoms with Crippen LogP contribution in [-0.2, 0) is 10.0 Å². The highest BCUT2D eigenvalue weighted by Crippen LogP contribution is 2.20. The number of aryl methyl sites for hydroxylation is 1. The second-order valence-corrected chi connectivity index (χ2v) is 6.01. The molecule has 0 aromatic heterocycles. The zero-order chi connectivity index (χ0) is 12.2. The topological polar surface area (TPSA) is 66.4 Å². The summed E-state index contributed by atoms with van der Waals surface area (Å²) in [5.41, 5.74) is 0.981. The van der Waals surface area contributed by atoms with Gasteiger partial charge in [0.05, 0.1) is 4.90 Å². The summed E-state index contributed by atoms with van der Waals surface area (Å²) in [5.74, 6) is 0. The summed E-state index contributed by atoms with van der Waals surface area (Å²) in [5, 5.41) is 8.57. The quantitative estimate of drug-likeness (QED) is 0.809.